The van der Waals surface area contributed by atoms with Crippen LogP contribution in [-0.4, -0.2) is 0 Å². The summed E-state index contributed by atoms with van der Waals surface area (Å²) in [6.07, 6.45) is 0.946. The fourth-order valence-corrected chi connectivity index (χ4v) is 4.51. The molecule has 0 N–H and O–H groups in total. The van der Waals surface area contributed by atoms with Gasteiger partial charge in [0.2, 0.25) is 0 Å². The lowest BCUT2D eigenvalue weighted by molar-refractivity contribution is 0.945. The van der Waals surface area contributed by atoms with Crippen LogP contribution in [0.3, 0.4) is 0 Å². The van der Waals surface area contributed by atoms with E-state index in [9.17, 15) is 0 Å². The monoisotopic (exact) mass is 470 g/mol. The van der Waals surface area contributed by atoms with Crippen molar-refractivity contribution in [3.05, 3.63) is 80.4 Å². The van der Waals surface area contributed by atoms with Crippen LogP contribution < -0.4 is 0 Å². The Hall–Kier alpha value is -0.580. The predicted molar refractivity (Wildman–Crippen MR) is 103 cm³/mol. The summed E-state index contributed by atoms with van der Waals surface area (Å²) in [6.45, 7) is 0. The van der Waals surface area contributed by atoms with E-state index in [-0.39, 0.29) is 4.83 Å². The van der Waals surface area contributed by atoms with Gasteiger partial charge in [-0.05, 0) is 69.1 Å². The Labute approximate surface area is 151 Å². The first-order valence-corrected chi connectivity index (χ1v) is 9.07. The normalized spacial score (nSPS) is 12.5. The van der Waals surface area contributed by atoms with Crippen LogP contribution in [0.2, 0.25) is 5.02 Å². The Kier molecular flexibility index (Phi) is 4.87. The first-order chi connectivity index (χ1) is 10.1. The largest absolute Gasteiger partial charge is 0.0843 e. The minimum Gasteiger partial charge on any atom is -0.0843 e. The van der Waals surface area contributed by atoms with Crippen molar-refractivity contribution in [1.29, 1.82) is 0 Å². The van der Waals surface area contributed by atoms with Gasteiger partial charge in [-0.25, -0.2) is 0 Å². The third-order valence-corrected chi connectivity index (χ3v) is 5.56. The summed E-state index contributed by atoms with van der Waals surface area (Å²) >= 11 is 12.3. The molecule has 3 heteroatoms. The number of rotatable bonds is 3. The molecule has 0 spiro atoms. The molecular formula is C18H13BrClI. The quantitative estimate of drug-likeness (QED) is 0.292. The molecule has 1 atom stereocenters. The highest BCUT2D eigenvalue weighted by molar-refractivity contribution is 14.1. The summed E-state index contributed by atoms with van der Waals surface area (Å²) in [7, 11) is 0. The van der Waals surface area contributed by atoms with Gasteiger partial charge >= 0.3 is 0 Å². The number of halogens is 3. The first kappa shape index (κ1) is 15.3. The molecule has 0 saturated heterocycles. The number of alkyl halides is 1. The average Bonchev–Trinajstić information content (AvgIpc) is 2.49. The molecule has 0 nitrogen and oxygen atoms in total. The Morgan fingerprint density at radius 2 is 1.71 bits per heavy atom. The first-order valence-electron chi connectivity index (χ1n) is 6.70. The molecule has 0 saturated carbocycles. The van der Waals surface area contributed by atoms with Gasteiger partial charge in [0.25, 0.3) is 0 Å². The lowest BCUT2D eigenvalue weighted by atomic mass is 10.0. The summed E-state index contributed by atoms with van der Waals surface area (Å²) in [5.74, 6) is 0. The molecule has 0 bridgehead atoms. The highest BCUT2D eigenvalue weighted by atomic mass is 127. The molecule has 0 fully saturated rings. The van der Waals surface area contributed by atoms with E-state index in [4.69, 9.17) is 11.6 Å². The maximum atomic E-state index is 6.12. The molecule has 3 rings (SSSR count). The van der Waals surface area contributed by atoms with Crippen molar-refractivity contribution >= 4 is 60.9 Å². The van der Waals surface area contributed by atoms with E-state index in [0.717, 1.165) is 11.4 Å². The third-order valence-electron chi connectivity index (χ3n) is 3.52. The van der Waals surface area contributed by atoms with E-state index in [1.165, 1.54) is 25.5 Å². The number of hydrogen-bond donors (Lipinski definition) is 0. The van der Waals surface area contributed by atoms with Gasteiger partial charge in [0.15, 0.2) is 0 Å². The minimum atomic E-state index is 0.268. The van der Waals surface area contributed by atoms with Crippen molar-refractivity contribution < 1.29 is 0 Å². The molecule has 0 aromatic heterocycles. The second-order valence-corrected chi connectivity index (χ2v) is 7.72. The summed E-state index contributed by atoms with van der Waals surface area (Å²) in [5, 5.41) is 3.36. The fraction of sp³-hybridized carbons (Fsp3) is 0.111. The Bertz CT molecular complexity index is 785. The smallest absolute Gasteiger partial charge is 0.0446 e. The Morgan fingerprint density at radius 3 is 2.52 bits per heavy atom. The summed E-state index contributed by atoms with van der Waals surface area (Å²) in [5.41, 5.74) is 2.57. The van der Waals surface area contributed by atoms with Crippen LogP contribution in [0.25, 0.3) is 10.8 Å². The second-order valence-electron chi connectivity index (χ2n) is 5.02. The van der Waals surface area contributed by atoms with E-state index < -0.39 is 0 Å². The van der Waals surface area contributed by atoms with Gasteiger partial charge in [-0.1, -0.05) is 70.0 Å². The Morgan fingerprint density at radius 1 is 0.952 bits per heavy atom. The van der Waals surface area contributed by atoms with Gasteiger partial charge in [0.1, 0.15) is 0 Å². The van der Waals surface area contributed by atoms with Gasteiger partial charge in [-0.3, -0.25) is 0 Å². The Balaban J connectivity index is 1.88. The van der Waals surface area contributed by atoms with E-state index in [1.54, 1.807) is 0 Å². The number of benzene rings is 3. The van der Waals surface area contributed by atoms with Gasteiger partial charge in [0, 0.05) is 13.4 Å². The molecule has 3 aromatic carbocycles. The van der Waals surface area contributed by atoms with Gasteiger partial charge in [-0.15, -0.1) is 0 Å². The van der Waals surface area contributed by atoms with E-state index in [0.29, 0.717) is 0 Å². The van der Waals surface area contributed by atoms with Crippen molar-refractivity contribution in [2.24, 2.45) is 0 Å². The highest BCUT2D eigenvalue weighted by Crippen LogP contribution is 2.33. The van der Waals surface area contributed by atoms with Crippen molar-refractivity contribution in [2.45, 2.75) is 11.2 Å². The molecule has 0 aliphatic heterocycles. The standard InChI is InChI=1S/C18H13BrClI/c19-17(16-11-15(20)7-8-18(16)21)10-12-5-6-13-3-1-2-4-14(13)9-12/h1-9,11,17H,10H2. The van der Waals surface area contributed by atoms with Gasteiger partial charge in [-0.2, -0.15) is 0 Å². The lowest BCUT2D eigenvalue weighted by Gasteiger charge is -2.13. The molecule has 21 heavy (non-hydrogen) atoms. The second kappa shape index (κ2) is 6.67. The van der Waals surface area contributed by atoms with E-state index >= 15 is 0 Å². The molecule has 106 valence electrons. The number of fused-ring (bicyclic) bond motifs is 1. The lowest BCUT2D eigenvalue weighted by Crippen LogP contribution is -1.98. The molecule has 0 aliphatic carbocycles. The maximum Gasteiger partial charge on any atom is 0.0446 e. The summed E-state index contributed by atoms with van der Waals surface area (Å²) in [4.78, 5) is 0.268. The third kappa shape index (κ3) is 3.61. The van der Waals surface area contributed by atoms with Crippen LogP contribution >= 0.6 is 50.1 Å². The minimum absolute atomic E-state index is 0.268. The molecule has 0 heterocycles. The predicted octanol–water partition coefficient (Wildman–Crippen LogP) is 6.78. The van der Waals surface area contributed by atoms with Gasteiger partial charge in [0.05, 0.1) is 0 Å². The fourth-order valence-electron chi connectivity index (χ4n) is 2.44. The molecule has 0 amide bonds. The van der Waals surface area contributed by atoms with Crippen molar-refractivity contribution in [3.63, 3.8) is 0 Å². The summed E-state index contributed by atoms with van der Waals surface area (Å²) in [6, 6.07) is 21.2. The maximum absolute atomic E-state index is 6.12. The average molecular weight is 472 g/mol. The van der Waals surface area contributed by atoms with Crippen molar-refractivity contribution in [2.75, 3.05) is 0 Å². The van der Waals surface area contributed by atoms with Crippen LogP contribution in [0.15, 0.2) is 60.7 Å². The zero-order valence-corrected chi connectivity index (χ0v) is 15.7. The van der Waals surface area contributed by atoms with Crippen LogP contribution in [-0.2, 0) is 6.42 Å². The summed E-state index contributed by atoms with van der Waals surface area (Å²) < 4.78 is 1.24. The van der Waals surface area contributed by atoms with Crippen LogP contribution in [0, 0.1) is 3.57 Å². The highest BCUT2D eigenvalue weighted by Gasteiger charge is 2.13. The molecule has 3 aromatic rings. The van der Waals surface area contributed by atoms with Crippen molar-refractivity contribution in [1.82, 2.24) is 0 Å². The molecule has 1 unspecified atom stereocenters. The topological polar surface area (TPSA) is 0 Å². The number of hydrogen-bond acceptors (Lipinski definition) is 0. The molecule has 0 radical (unpaired) electrons. The van der Waals surface area contributed by atoms with Crippen LogP contribution in [0.4, 0.5) is 0 Å². The van der Waals surface area contributed by atoms with E-state index in [1.807, 2.05) is 12.1 Å². The zero-order valence-electron chi connectivity index (χ0n) is 11.2. The van der Waals surface area contributed by atoms with Crippen molar-refractivity contribution in [3.8, 4) is 0 Å². The zero-order chi connectivity index (χ0) is 14.8. The SMILES string of the molecule is Clc1ccc(I)c(C(Br)Cc2ccc3ccccc3c2)c1. The van der Waals surface area contributed by atoms with Crippen LogP contribution in [0.5, 0.6) is 0 Å². The molecule has 0 aliphatic rings. The van der Waals surface area contributed by atoms with Crippen LogP contribution in [0.1, 0.15) is 16.0 Å². The van der Waals surface area contributed by atoms with Gasteiger partial charge < -0.3 is 0 Å². The van der Waals surface area contributed by atoms with E-state index in [2.05, 4.69) is 87.1 Å². The molecular weight excluding hydrogens is 458 g/mol.